The molecule has 0 spiro atoms. The molecule has 2 aliphatic heterocycles. The molecule has 0 atom stereocenters. The zero-order valence-corrected chi connectivity index (χ0v) is 24.3. The topological polar surface area (TPSA) is 84.0 Å². The molecular formula is C31H33F3N4O4S. The van der Waals surface area contributed by atoms with Crippen LogP contribution in [-0.2, 0) is 6.54 Å². The molecule has 2 fully saturated rings. The molecule has 228 valence electrons. The average molecular weight is 615 g/mol. The fraction of sp³-hybridized carbons (Fsp3) is 0.387. The number of hydrogen-bond acceptors (Lipinski definition) is 7. The standard InChI is InChI=1S/C31H33F3N4O4S/c32-31(33,34)42-26-4-1-21(2-5-26)20-37-15-11-23(12-16-37)36-29(39)22-3-10-28(35-19-22)30(40)38-17-13-25(14-18-38)41-24-6-8-27(43)9-7-24/h1-10,19,23,25,43H,11-18,20H2,(H,36,39). The summed E-state index contributed by atoms with van der Waals surface area (Å²) in [5.41, 5.74) is 1.57. The number of likely N-dealkylation sites (tertiary alicyclic amines) is 2. The summed E-state index contributed by atoms with van der Waals surface area (Å²) in [5, 5.41) is 3.05. The van der Waals surface area contributed by atoms with Gasteiger partial charge in [0.25, 0.3) is 11.8 Å². The number of rotatable bonds is 8. The van der Waals surface area contributed by atoms with Crippen LogP contribution in [0, 0.1) is 0 Å². The Hall–Kier alpha value is -3.77. The minimum Gasteiger partial charge on any atom is -0.490 e. The van der Waals surface area contributed by atoms with E-state index >= 15 is 0 Å². The maximum absolute atomic E-state index is 13.0. The van der Waals surface area contributed by atoms with Crippen LogP contribution >= 0.6 is 12.6 Å². The van der Waals surface area contributed by atoms with E-state index in [1.54, 1.807) is 29.2 Å². The van der Waals surface area contributed by atoms with Crippen molar-refractivity contribution >= 4 is 24.4 Å². The van der Waals surface area contributed by atoms with Crippen molar-refractivity contribution < 1.29 is 32.2 Å². The quantitative estimate of drug-likeness (QED) is 0.333. The molecular weight excluding hydrogens is 581 g/mol. The number of carbonyl (C=O) groups excluding carboxylic acids is 2. The van der Waals surface area contributed by atoms with Crippen LogP contribution in [0.2, 0.25) is 0 Å². The van der Waals surface area contributed by atoms with Gasteiger partial charge in [-0.2, -0.15) is 0 Å². The second-order valence-electron chi connectivity index (χ2n) is 10.8. The van der Waals surface area contributed by atoms with Crippen LogP contribution in [-0.4, -0.2) is 71.3 Å². The monoisotopic (exact) mass is 614 g/mol. The second kappa shape index (κ2) is 13.7. The van der Waals surface area contributed by atoms with Gasteiger partial charge in [0, 0.05) is 62.7 Å². The number of amides is 2. The van der Waals surface area contributed by atoms with Gasteiger partial charge in [-0.15, -0.1) is 25.8 Å². The summed E-state index contributed by atoms with van der Waals surface area (Å²) in [7, 11) is 0. The molecule has 5 rings (SSSR count). The SMILES string of the molecule is O=C(NC1CCN(Cc2ccc(OC(F)(F)F)cc2)CC1)c1ccc(C(=O)N2CCC(Oc3ccc(S)cc3)CC2)nc1. The van der Waals surface area contributed by atoms with Gasteiger partial charge < -0.3 is 19.7 Å². The molecule has 0 aliphatic carbocycles. The number of nitrogens with one attached hydrogen (secondary N) is 1. The van der Waals surface area contributed by atoms with E-state index in [0.29, 0.717) is 30.9 Å². The molecule has 2 amide bonds. The molecule has 0 saturated carbocycles. The predicted octanol–water partition coefficient (Wildman–Crippen LogP) is 5.35. The lowest BCUT2D eigenvalue weighted by Crippen LogP contribution is -2.44. The fourth-order valence-electron chi connectivity index (χ4n) is 5.27. The normalized spacial score (nSPS) is 17.0. The van der Waals surface area contributed by atoms with Crippen LogP contribution in [0.1, 0.15) is 52.1 Å². The van der Waals surface area contributed by atoms with Crippen molar-refractivity contribution in [2.75, 3.05) is 26.2 Å². The summed E-state index contributed by atoms with van der Waals surface area (Å²) < 4.78 is 47.0. The van der Waals surface area contributed by atoms with Crippen molar-refractivity contribution in [1.29, 1.82) is 0 Å². The van der Waals surface area contributed by atoms with Crippen LogP contribution in [0.4, 0.5) is 13.2 Å². The number of ether oxygens (including phenoxy) is 2. The zero-order valence-electron chi connectivity index (χ0n) is 23.4. The van der Waals surface area contributed by atoms with E-state index in [9.17, 15) is 22.8 Å². The van der Waals surface area contributed by atoms with Gasteiger partial charge in [0.2, 0.25) is 0 Å². The number of hydrogen-bond donors (Lipinski definition) is 2. The number of thiol groups is 1. The first-order valence-electron chi connectivity index (χ1n) is 14.2. The van der Waals surface area contributed by atoms with E-state index in [1.165, 1.54) is 18.3 Å². The minimum absolute atomic E-state index is 0.00744. The summed E-state index contributed by atoms with van der Waals surface area (Å²) in [5.74, 6) is 0.136. The molecule has 2 saturated heterocycles. The third-order valence-electron chi connectivity index (χ3n) is 7.60. The number of carbonyl (C=O) groups is 2. The maximum atomic E-state index is 13.0. The molecule has 8 nitrogen and oxygen atoms in total. The largest absolute Gasteiger partial charge is 0.573 e. The van der Waals surface area contributed by atoms with Crippen LogP contribution in [0.5, 0.6) is 11.5 Å². The number of aromatic nitrogens is 1. The van der Waals surface area contributed by atoms with Crippen molar-refractivity contribution in [2.45, 2.75) is 55.6 Å². The lowest BCUT2D eigenvalue weighted by atomic mass is 10.0. The molecule has 2 aromatic carbocycles. The summed E-state index contributed by atoms with van der Waals surface area (Å²) in [4.78, 5) is 34.9. The van der Waals surface area contributed by atoms with Gasteiger partial charge in [-0.3, -0.25) is 19.5 Å². The molecule has 1 aromatic heterocycles. The van der Waals surface area contributed by atoms with Gasteiger partial charge in [-0.05, 0) is 66.9 Å². The van der Waals surface area contributed by atoms with Gasteiger partial charge in [0.1, 0.15) is 23.3 Å². The smallest absolute Gasteiger partial charge is 0.490 e. The van der Waals surface area contributed by atoms with Crippen molar-refractivity contribution in [1.82, 2.24) is 20.1 Å². The highest BCUT2D eigenvalue weighted by Gasteiger charge is 2.31. The molecule has 3 heterocycles. The number of piperidine rings is 2. The third kappa shape index (κ3) is 8.87. The van der Waals surface area contributed by atoms with Crippen LogP contribution < -0.4 is 14.8 Å². The Balaban J connectivity index is 1.03. The Morgan fingerprint density at radius 2 is 1.53 bits per heavy atom. The van der Waals surface area contributed by atoms with Gasteiger partial charge in [-0.1, -0.05) is 12.1 Å². The Kier molecular flexibility index (Phi) is 9.76. The van der Waals surface area contributed by atoms with Crippen LogP contribution in [0.25, 0.3) is 0 Å². The lowest BCUT2D eigenvalue weighted by molar-refractivity contribution is -0.274. The summed E-state index contributed by atoms with van der Waals surface area (Å²) in [6.07, 6.45) is -0.318. The Morgan fingerprint density at radius 3 is 2.14 bits per heavy atom. The average Bonchev–Trinajstić information content (AvgIpc) is 3.00. The van der Waals surface area contributed by atoms with E-state index in [1.807, 2.05) is 24.3 Å². The van der Waals surface area contributed by atoms with Gasteiger partial charge in [-0.25, -0.2) is 0 Å². The first-order chi connectivity index (χ1) is 20.6. The lowest BCUT2D eigenvalue weighted by Gasteiger charge is -2.32. The molecule has 3 aromatic rings. The van der Waals surface area contributed by atoms with Gasteiger partial charge in [0.15, 0.2) is 0 Å². The van der Waals surface area contributed by atoms with E-state index in [-0.39, 0.29) is 29.7 Å². The highest BCUT2D eigenvalue weighted by Crippen LogP contribution is 2.24. The third-order valence-corrected chi connectivity index (χ3v) is 7.90. The number of benzene rings is 2. The number of pyridine rings is 1. The number of halogens is 3. The highest BCUT2D eigenvalue weighted by atomic mass is 32.1. The van der Waals surface area contributed by atoms with E-state index in [2.05, 4.69) is 32.6 Å². The summed E-state index contributed by atoms with van der Waals surface area (Å²) >= 11 is 4.29. The fourth-order valence-corrected chi connectivity index (χ4v) is 5.42. The van der Waals surface area contributed by atoms with Crippen LogP contribution in [0.15, 0.2) is 71.8 Å². The molecule has 12 heteroatoms. The van der Waals surface area contributed by atoms with Crippen molar-refractivity contribution in [2.24, 2.45) is 0 Å². The Bertz CT molecular complexity index is 1370. The molecule has 0 bridgehead atoms. The second-order valence-corrected chi connectivity index (χ2v) is 11.3. The Labute approximate surface area is 253 Å². The summed E-state index contributed by atoms with van der Waals surface area (Å²) in [6, 6.07) is 16.6. The van der Waals surface area contributed by atoms with Gasteiger partial charge in [0.05, 0.1) is 5.56 Å². The maximum Gasteiger partial charge on any atom is 0.573 e. The predicted molar refractivity (Wildman–Crippen MR) is 156 cm³/mol. The Morgan fingerprint density at radius 1 is 0.884 bits per heavy atom. The first-order valence-corrected chi connectivity index (χ1v) is 14.6. The molecule has 43 heavy (non-hydrogen) atoms. The zero-order chi connectivity index (χ0) is 30.4. The molecule has 0 unspecified atom stereocenters. The first kappa shape index (κ1) is 30.7. The van der Waals surface area contributed by atoms with E-state index < -0.39 is 6.36 Å². The molecule has 2 aliphatic rings. The van der Waals surface area contributed by atoms with Gasteiger partial charge >= 0.3 is 6.36 Å². The summed E-state index contributed by atoms with van der Waals surface area (Å²) in [6.45, 7) is 3.20. The van der Waals surface area contributed by atoms with Crippen molar-refractivity contribution in [3.63, 3.8) is 0 Å². The van der Waals surface area contributed by atoms with Crippen molar-refractivity contribution in [3.8, 4) is 11.5 Å². The minimum atomic E-state index is -4.71. The van der Waals surface area contributed by atoms with Crippen molar-refractivity contribution in [3.05, 3.63) is 83.7 Å². The van der Waals surface area contributed by atoms with E-state index in [4.69, 9.17) is 4.74 Å². The highest BCUT2D eigenvalue weighted by molar-refractivity contribution is 7.80. The molecule has 1 N–H and O–H groups in total. The molecule has 0 radical (unpaired) electrons. The van der Waals surface area contributed by atoms with E-state index in [0.717, 1.165) is 55.0 Å². The number of nitrogens with zero attached hydrogens (tertiary/aromatic N) is 3. The van der Waals surface area contributed by atoms with Crippen LogP contribution in [0.3, 0.4) is 0 Å². The number of alkyl halides is 3.